The van der Waals surface area contributed by atoms with E-state index in [0.29, 0.717) is 0 Å². The number of hydrogen-bond acceptors (Lipinski definition) is 0. The zero-order valence-electron chi connectivity index (χ0n) is 1.88. The van der Waals surface area contributed by atoms with E-state index in [0.717, 1.165) is 0 Å². The van der Waals surface area contributed by atoms with Gasteiger partial charge in [0.05, 0.1) is 0 Å². The van der Waals surface area contributed by atoms with Gasteiger partial charge in [-0.15, -0.1) is 0 Å². The zero-order valence-corrected chi connectivity index (χ0v) is 5.49. The minimum absolute atomic E-state index is 0. The summed E-state index contributed by atoms with van der Waals surface area (Å²) in [6, 6.07) is 0. The fraction of sp³-hybridized carbons (Fsp3) is 0. The maximum absolute atomic E-state index is 0. The predicted octanol–water partition coefficient (Wildman–Crippen LogP) is -5.03. The molecule has 0 unspecified atom stereocenters. The van der Waals surface area contributed by atoms with Crippen LogP contribution < -0.4 is 12.4 Å². The molecule has 0 fully saturated rings. The zero-order chi connectivity index (χ0) is 0. The molecule has 0 heterocycles. The third-order valence-electron chi connectivity index (χ3n) is 0. The molecule has 24 valence electrons. The van der Waals surface area contributed by atoms with E-state index in [2.05, 4.69) is 0 Å². The van der Waals surface area contributed by atoms with Crippen LogP contribution in [0.25, 0.3) is 0 Å². The molecular formula is H4ClO2Sn+3. The molecule has 0 atom stereocenters. The summed E-state index contributed by atoms with van der Waals surface area (Å²) in [4.78, 5) is 0. The maximum atomic E-state index is 0. The van der Waals surface area contributed by atoms with Crippen molar-refractivity contribution in [3.8, 4) is 0 Å². The van der Waals surface area contributed by atoms with Crippen LogP contribution in [0, 0.1) is 0 Å². The Bertz CT molecular complexity index is 6.00. The Morgan fingerprint density at radius 1 is 0.750 bits per heavy atom. The summed E-state index contributed by atoms with van der Waals surface area (Å²) in [7, 11) is 0. The molecule has 0 aliphatic heterocycles. The second-order valence-electron chi connectivity index (χ2n) is 0. The Balaban J connectivity index is 0. The Kier molecular flexibility index (Phi) is 705. The number of hydrogen-bond donors (Lipinski definition) is 0. The average Bonchev–Trinajstić information content (AvgIpc) is 0. The Morgan fingerprint density at radius 3 is 0.750 bits per heavy atom. The number of rotatable bonds is 0. The van der Waals surface area contributed by atoms with E-state index in [1.165, 1.54) is 0 Å². The topological polar surface area (TPSA) is 63.0 Å². The fourth-order valence-corrected chi connectivity index (χ4v) is 0. The van der Waals surface area contributed by atoms with Crippen LogP contribution in [0.5, 0.6) is 0 Å². The molecule has 4 heavy (non-hydrogen) atoms. The summed E-state index contributed by atoms with van der Waals surface area (Å²) in [5, 5.41) is 0. The van der Waals surface area contributed by atoms with E-state index in [9.17, 15) is 0 Å². The van der Waals surface area contributed by atoms with Crippen molar-refractivity contribution in [1.82, 2.24) is 0 Å². The summed E-state index contributed by atoms with van der Waals surface area (Å²) < 4.78 is 0. The fourth-order valence-electron chi connectivity index (χ4n) is 0. The van der Waals surface area contributed by atoms with Gasteiger partial charge in [-0.3, -0.25) is 0 Å². The monoisotopic (exact) mass is 191 g/mol. The van der Waals surface area contributed by atoms with Crippen molar-refractivity contribution in [1.29, 1.82) is 0 Å². The molecule has 0 aliphatic carbocycles. The van der Waals surface area contributed by atoms with Crippen LogP contribution in [0.3, 0.4) is 0 Å². The summed E-state index contributed by atoms with van der Waals surface area (Å²) in [5.41, 5.74) is 0. The van der Waals surface area contributed by atoms with Gasteiger partial charge < -0.3 is 23.4 Å². The molecule has 0 aromatic rings. The number of halogens is 1. The van der Waals surface area contributed by atoms with E-state index in [1.54, 1.807) is 0 Å². The van der Waals surface area contributed by atoms with Gasteiger partial charge >= 0.3 is 23.9 Å². The smallest absolute Gasteiger partial charge is 1.00 e. The van der Waals surface area contributed by atoms with Crippen LogP contribution in [0.15, 0.2) is 0 Å². The molecule has 0 spiro atoms. The largest absolute Gasteiger partial charge is 4.00 e. The van der Waals surface area contributed by atoms with Gasteiger partial charge in [0, 0.05) is 0 Å². The first-order chi connectivity index (χ1) is 0. The molecule has 0 bridgehead atoms. The molecule has 0 aliphatic rings. The molecule has 0 rings (SSSR count). The van der Waals surface area contributed by atoms with Crippen molar-refractivity contribution in [2.75, 3.05) is 0 Å². The van der Waals surface area contributed by atoms with Crippen LogP contribution in [-0.2, 0) is 0 Å². The molecule has 0 amide bonds. The van der Waals surface area contributed by atoms with Crippen LogP contribution >= 0.6 is 0 Å². The van der Waals surface area contributed by atoms with Crippen molar-refractivity contribution in [2.45, 2.75) is 0 Å². The first kappa shape index (κ1) is 79.1. The van der Waals surface area contributed by atoms with Gasteiger partial charge in [0.2, 0.25) is 0 Å². The van der Waals surface area contributed by atoms with Gasteiger partial charge in [-0.2, -0.15) is 0 Å². The SMILES string of the molecule is O.O.[Cl-].[Sn+4]. The van der Waals surface area contributed by atoms with Gasteiger partial charge in [-0.05, 0) is 0 Å². The van der Waals surface area contributed by atoms with Crippen molar-refractivity contribution in [3.63, 3.8) is 0 Å². The average molecular weight is 190 g/mol. The van der Waals surface area contributed by atoms with Crippen LogP contribution in [0.4, 0.5) is 0 Å². The summed E-state index contributed by atoms with van der Waals surface area (Å²) in [5.74, 6) is 0. The van der Waals surface area contributed by atoms with Crippen LogP contribution in [0.1, 0.15) is 0 Å². The quantitative estimate of drug-likeness (QED) is 0.343. The molecule has 0 radical (unpaired) electrons. The Morgan fingerprint density at radius 2 is 0.750 bits per heavy atom. The molecule has 4 heteroatoms. The third kappa shape index (κ3) is 11.9. The second-order valence-corrected chi connectivity index (χ2v) is 0. The molecule has 4 N–H and O–H groups in total. The van der Waals surface area contributed by atoms with E-state index < -0.39 is 0 Å². The van der Waals surface area contributed by atoms with E-state index in [-0.39, 0.29) is 47.3 Å². The standard InChI is InChI=1S/ClH.2H2O.Sn/h1H;2*1H2;/q;;;+4/p-1. The minimum Gasteiger partial charge on any atom is -1.00 e. The molecule has 2 nitrogen and oxygen atoms in total. The van der Waals surface area contributed by atoms with Crippen LogP contribution in [-0.4, -0.2) is 34.9 Å². The van der Waals surface area contributed by atoms with Crippen molar-refractivity contribution < 1.29 is 23.4 Å². The Hall–Kier alpha value is 1.01. The third-order valence-corrected chi connectivity index (χ3v) is 0. The molecule has 0 saturated heterocycles. The van der Waals surface area contributed by atoms with Gasteiger partial charge in [0.1, 0.15) is 0 Å². The summed E-state index contributed by atoms with van der Waals surface area (Å²) in [6.45, 7) is 0. The maximum Gasteiger partial charge on any atom is 4.00 e. The summed E-state index contributed by atoms with van der Waals surface area (Å²) >= 11 is 0. The molecular weight excluding hydrogens is 186 g/mol. The summed E-state index contributed by atoms with van der Waals surface area (Å²) in [6.07, 6.45) is 0. The van der Waals surface area contributed by atoms with E-state index in [4.69, 9.17) is 0 Å². The van der Waals surface area contributed by atoms with Gasteiger partial charge in [-0.1, -0.05) is 0 Å². The van der Waals surface area contributed by atoms with Crippen molar-refractivity contribution in [3.05, 3.63) is 0 Å². The molecule has 0 saturated carbocycles. The van der Waals surface area contributed by atoms with Crippen molar-refractivity contribution >= 4 is 23.9 Å². The normalized spacial score (nSPS) is 0. The first-order valence-corrected chi connectivity index (χ1v) is 0. The second kappa shape index (κ2) is 35.7. The van der Waals surface area contributed by atoms with Gasteiger partial charge in [-0.25, -0.2) is 0 Å². The predicted molar refractivity (Wildman–Crippen MR) is 13.0 cm³/mol. The van der Waals surface area contributed by atoms with Crippen LogP contribution in [0.2, 0.25) is 0 Å². The van der Waals surface area contributed by atoms with Crippen molar-refractivity contribution in [2.24, 2.45) is 0 Å². The van der Waals surface area contributed by atoms with Gasteiger partial charge in [0.15, 0.2) is 0 Å². The molecule has 0 aromatic carbocycles. The Labute approximate surface area is 47.6 Å². The first-order valence-electron chi connectivity index (χ1n) is 0. The van der Waals surface area contributed by atoms with Gasteiger partial charge in [0.25, 0.3) is 0 Å². The van der Waals surface area contributed by atoms with E-state index >= 15 is 0 Å². The molecule has 0 aromatic heterocycles. The van der Waals surface area contributed by atoms with E-state index in [1.807, 2.05) is 0 Å². The minimum atomic E-state index is 0.